The first kappa shape index (κ1) is 21.4. The molecular weight excluding hydrogens is 413 g/mol. The quantitative estimate of drug-likeness (QED) is 0.566. The molecule has 0 aliphatic rings. The minimum Gasteiger partial charge on any atom is -0.380 e. The molecule has 0 bridgehead atoms. The van der Waals surface area contributed by atoms with Crippen LogP contribution in [0.2, 0.25) is 0 Å². The Morgan fingerprint density at radius 1 is 1.17 bits per heavy atom. The third-order valence-corrected chi connectivity index (χ3v) is 6.84. The van der Waals surface area contributed by atoms with E-state index in [4.69, 9.17) is 4.74 Å². The number of carbonyl (C=O) groups is 1. The normalized spacial score (nSPS) is 11.9. The Labute approximate surface area is 173 Å². The number of methoxy groups -OCH3 is 1. The first-order chi connectivity index (χ1) is 13.6. The van der Waals surface area contributed by atoms with E-state index in [0.29, 0.717) is 26.2 Å². The van der Waals surface area contributed by atoms with Gasteiger partial charge in [0.25, 0.3) is 5.91 Å². The molecule has 8 heteroatoms. The third kappa shape index (κ3) is 4.19. The number of hydrogen-bond acceptors (Lipinski definition) is 5. The predicted octanol–water partition coefficient (Wildman–Crippen LogP) is 4.65. The van der Waals surface area contributed by atoms with E-state index in [2.05, 4.69) is 0 Å². The minimum atomic E-state index is -3.33. The molecule has 0 saturated heterocycles. The number of halogens is 1. The van der Waals surface area contributed by atoms with Gasteiger partial charge in [0.15, 0.2) is 9.84 Å². The van der Waals surface area contributed by atoms with Gasteiger partial charge in [0.1, 0.15) is 5.82 Å². The second-order valence-electron chi connectivity index (χ2n) is 6.99. The number of carbonyl (C=O) groups excluding carboxylic acids is 1. The van der Waals surface area contributed by atoms with E-state index in [9.17, 15) is 17.6 Å². The summed E-state index contributed by atoms with van der Waals surface area (Å²) >= 11 is 1.23. The number of nitrogens with zero attached hydrogens (tertiary/aromatic N) is 1. The molecule has 0 atom stereocenters. The number of sulfone groups is 1. The van der Waals surface area contributed by atoms with Crippen LogP contribution in [0.1, 0.15) is 29.1 Å². The molecule has 154 valence electrons. The highest BCUT2D eigenvalue weighted by Crippen LogP contribution is 2.36. The molecule has 1 amide bonds. The highest BCUT2D eigenvalue weighted by atomic mass is 32.2. The molecule has 0 saturated carbocycles. The Morgan fingerprint density at radius 2 is 1.83 bits per heavy atom. The van der Waals surface area contributed by atoms with Crippen LogP contribution in [0.3, 0.4) is 0 Å². The molecule has 0 spiro atoms. The molecule has 5 nitrogen and oxygen atoms in total. The lowest BCUT2D eigenvalue weighted by Crippen LogP contribution is -2.37. The smallest absolute Gasteiger partial charge is 0.268 e. The monoisotopic (exact) mass is 435 g/mol. The van der Waals surface area contributed by atoms with Crippen LogP contribution >= 0.6 is 11.3 Å². The maximum absolute atomic E-state index is 14.5. The zero-order chi connectivity index (χ0) is 21.3. The van der Waals surface area contributed by atoms with Gasteiger partial charge in [-0.3, -0.25) is 4.79 Å². The van der Waals surface area contributed by atoms with E-state index in [-0.39, 0.29) is 23.5 Å². The van der Waals surface area contributed by atoms with Crippen molar-refractivity contribution in [2.24, 2.45) is 0 Å². The van der Waals surface area contributed by atoms with Gasteiger partial charge in [0.2, 0.25) is 0 Å². The van der Waals surface area contributed by atoms with Gasteiger partial charge in [0.05, 0.1) is 16.4 Å². The Kier molecular flexibility index (Phi) is 6.07. The number of fused-ring (bicyclic) bond motifs is 1. The number of hydrogen-bond donors (Lipinski definition) is 0. The van der Waals surface area contributed by atoms with Crippen LogP contribution in [-0.2, 0) is 21.2 Å². The number of anilines is 1. The van der Waals surface area contributed by atoms with Crippen LogP contribution < -0.4 is 4.90 Å². The lowest BCUT2D eigenvalue weighted by atomic mass is 10.1. The molecule has 2 aromatic carbocycles. The number of benzene rings is 2. The molecule has 0 fully saturated rings. The highest BCUT2D eigenvalue weighted by Gasteiger charge is 2.27. The fourth-order valence-electron chi connectivity index (χ4n) is 3.24. The van der Waals surface area contributed by atoms with Gasteiger partial charge in [-0.05, 0) is 50.2 Å². The summed E-state index contributed by atoms with van der Waals surface area (Å²) in [7, 11) is -1.83. The van der Waals surface area contributed by atoms with Crippen molar-refractivity contribution in [3.8, 4) is 0 Å². The van der Waals surface area contributed by atoms with Crippen LogP contribution in [0, 0.1) is 5.82 Å². The van der Waals surface area contributed by atoms with E-state index < -0.39 is 15.7 Å². The molecule has 1 heterocycles. The second-order valence-corrected chi connectivity index (χ2v) is 10.1. The number of rotatable bonds is 6. The average Bonchev–Trinajstić information content (AvgIpc) is 3.01. The third-order valence-electron chi connectivity index (χ3n) is 4.52. The lowest BCUT2D eigenvalue weighted by Gasteiger charge is -2.27. The van der Waals surface area contributed by atoms with Crippen LogP contribution in [-0.4, -0.2) is 33.7 Å². The van der Waals surface area contributed by atoms with E-state index >= 15 is 0 Å². The molecule has 3 rings (SSSR count). The zero-order valence-corrected chi connectivity index (χ0v) is 18.2. The molecule has 0 N–H and O–H groups in total. The number of amides is 1. The highest BCUT2D eigenvalue weighted by molar-refractivity contribution is 7.90. The van der Waals surface area contributed by atoms with Gasteiger partial charge in [-0.2, -0.15) is 0 Å². The van der Waals surface area contributed by atoms with E-state index in [1.54, 1.807) is 29.2 Å². The van der Waals surface area contributed by atoms with Crippen LogP contribution in [0.25, 0.3) is 10.1 Å². The molecule has 0 radical (unpaired) electrons. The minimum absolute atomic E-state index is 0.112. The Morgan fingerprint density at radius 3 is 2.38 bits per heavy atom. The van der Waals surface area contributed by atoms with Gasteiger partial charge in [-0.15, -0.1) is 11.3 Å². The average molecular weight is 436 g/mol. The summed E-state index contributed by atoms with van der Waals surface area (Å²) in [6, 6.07) is 10.7. The van der Waals surface area contributed by atoms with Crippen molar-refractivity contribution in [2.75, 3.05) is 18.3 Å². The standard InChI is InChI=1S/C21H22FNO4S2/c1-13(2)23(14-8-10-15(11-9-14)29(4,25)26)21(24)20-16(12-27-3)19-17(22)6-5-7-18(19)28-20/h5-11,13H,12H2,1-4H3. The summed E-state index contributed by atoms with van der Waals surface area (Å²) in [5.74, 6) is -0.668. The van der Waals surface area contributed by atoms with Crippen molar-refractivity contribution in [1.29, 1.82) is 0 Å². The summed E-state index contributed by atoms with van der Waals surface area (Å²) < 4.78 is 43.8. The van der Waals surface area contributed by atoms with Crippen LogP contribution in [0.4, 0.5) is 10.1 Å². The Bertz CT molecular complexity index is 1150. The first-order valence-electron chi connectivity index (χ1n) is 8.97. The fourth-order valence-corrected chi connectivity index (χ4v) is 5.02. The maximum atomic E-state index is 14.5. The van der Waals surface area contributed by atoms with Gasteiger partial charge >= 0.3 is 0 Å². The molecule has 3 aromatic rings. The zero-order valence-electron chi connectivity index (χ0n) is 16.6. The van der Waals surface area contributed by atoms with Crippen molar-refractivity contribution >= 4 is 42.9 Å². The topological polar surface area (TPSA) is 63.7 Å². The maximum Gasteiger partial charge on any atom is 0.268 e. The van der Waals surface area contributed by atoms with E-state index in [0.717, 1.165) is 6.26 Å². The van der Waals surface area contributed by atoms with E-state index in [1.807, 2.05) is 13.8 Å². The predicted molar refractivity (Wildman–Crippen MR) is 114 cm³/mol. The summed E-state index contributed by atoms with van der Waals surface area (Å²) in [5.41, 5.74) is 1.09. The lowest BCUT2D eigenvalue weighted by molar-refractivity contribution is 0.0980. The van der Waals surface area contributed by atoms with E-state index in [1.165, 1.54) is 36.6 Å². The Hall–Kier alpha value is -2.29. The molecule has 0 aliphatic carbocycles. The summed E-state index contributed by atoms with van der Waals surface area (Å²) in [6.45, 7) is 3.85. The van der Waals surface area contributed by atoms with Gasteiger partial charge in [-0.25, -0.2) is 12.8 Å². The molecule has 0 aliphatic heterocycles. The first-order valence-corrected chi connectivity index (χ1v) is 11.7. The Balaban J connectivity index is 2.11. The van der Waals surface area contributed by atoms with Crippen molar-refractivity contribution in [3.05, 3.63) is 58.7 Å². The van der Waals surface area contributed by atoms with Crippen LogP contribution in [0.15, 0.2) is 47.4 Å². The summed E-state index contributed by atoms with van der Waals surface area (Å²) in [5, 5.41) is 0.402. The van der Waals surface area contributed by atoms with Gasteiger partial charge in [-0.1, -0.05) is 6.07 Å². The van der Waals surface area contributed by atoms with Gasteiger partial charge < -0.3 is 9.64 Å². The second kappa shape index (κ2) is 8.22. The molecule has 0 unspecified atom stereocenters. The number of thiophene rings is 1. The summed E-state index contributed by atoms with van der Waals surface area (Å²) in [6.07, 6.45) is 1.14. The van der Waals surface area contributed by atoms with Crippen molar-refractivity contribution < 1.29 is 22.3 Å². The van der Waals surface area contributed by atoms with Crippen molar-refractivity contribution in [2.45, 2.75) is 31.4 Å². The number of ether oxygens (including phenoxy) is 1. The van der Waals surface area contributed by atoms with Crippen molar-refractivity contribution in [1.82, 2.24) is 0 Å². The largest absolute Gasteiger partial charge is 0.380 e. The van der Waals surface area contributed by atoms with Gasteiger partial charge in [0, 0.05) is 40.7 Å². The SMILES string of the molecule is COCc1c(C(=O)N(c2ccc(S(C)(=O)=O)cc2)C(C)C)sc2cccc(F)c12. The van der Waals surface area contributed by atoms with Crippen molar-refractivity contribution in [3.63, 3.8) is 0 Å². The summed E-state index contributed by atoms with van der Waals surface area (Å²) in [4.78, 5) is 15.7. The molecular formula is C21H22FNO4S2. The fraction of sp³-hybridized carbons (Fsp3) is 0.286. The van der Waals surface area contributed by atoms with Crippen LogP contribution in [0.5, 0.6) is 0 Å². The molecule has 29 heavy (non-hydrogen) atoms. The molecule has 1 aromatic heterocycles.